The molecular weight excluding hydrogens is 255 g/mol. The molecule has 1 aliphatic rings. The molecule has 0 radical (unpaired) electrons. The third-order valence-electron chi connectivity index (χ3n) is 4.93. The largest absolute Gasteiger partial charge is 0.494 e. The van der Waals surface area contributed by atoms with Crippen LogP contribution in [0, 0.1) is 11.2 Å². The molecule has 1 unspecified atom stereocenters. The van der Waals surface area contributed by atoms with Gasteiger partial charge in [-0.1, -0.05) is 31.9 Å². The van der Waals surface area contributed by atoms with Crippen molar-refractivity contribution in [2.24, 2.45) is 11.3 Å². The number of halogens is 1. The monoisotopic (exact) mass is 280 g/mol. The molecule has 1 saturated carbocycles. The van der Waals surface area contributed by atoms with Gasteiger partial charge in [0, 0.05) is 6.04 Å². The Bertz CT molecular complexity index is 444. The van der Waals surface area contributed by atoms with Crippen LogP contribution in [-0.2, 0) is 6.42 Å². The van der Waals surface area contributed by atoms with Crippen LogP contribution in [0.25, 0.3) is 0 Å². The molecule has 3 nitrogen and oxygen atoms in total. The van der Waals surface area contributed by atoms with Gasteiger partial charge in [-0.25, -0.2) is 4.39 Å². The van der Waals surface area contributed by atoms with Crippen molar-refractivity contribution in [2.75, 3.05) is 7.11 Å². The normalized spacial score (nSPS) is 19.0. The zero-order valence-corrected chi connectivity index (χ0v) is 12.4. The molecule has 112 valence electrons. The smallest absolute Gasteiger partial charge is 0.168 e. The van der Waals surface area contributed by atoms with Gasteiger partial charge < -0.3 is 4.74 Å². The highest BCUT2D eigenvalue weighted by atomic mass is 19.1. The van der Waals surface area contributed by atoms with Gasteiger partial charge in [-0.3, -0.25) is 11.3 Å². The summed E-state index contributed by atoms with van der Waals surface area (Å²) in [6.07, 6.45) is 6.51. The highest BCUT2D eigenvalue weighted by Gasteiger charge is 2.39. The Morgan fingerprint density at radius 2 is 2.10 bits per heavy atom. The lowest BCUT2D eigenvalue weighted by atomic mass is 9.74. The number of benzene rings is 1. The predicted octanol–water partition coefficient (Wildman–Crippen LogP) is 3.18. The lowest BCUT2D eigenvalue weighted by Crippen LogP contribution is -2.48. The summed E-state index contributed by atoms with van der Waals surface area (Å²) >= 11 is 0. The first-order valence-corrected chi connectivity index (χ1v) is 7.44. The van der Waals surface area contributed by atoms with Crippen molar-refractivity contribution < 1.29 is 9.13 Å². The Hall–Kier alpha value is -1.13. The molecule has 0 heterocycles. The van der Waals surface area contributed by atoms with Gasteiger partial charge >= 0.3 is 0 Å². The quantitative estimate of drug-likeness (QED) is 0.621. The van der Waals surface area contributed by atoms with Crippen LogP contribution in [0.4, 0.5) is 4.39 Å². The van der Waals surface area contributed by atoms with Crippen molar-refractivity contribution in [1.82, 2.24) is 5.43 Å². The summed E-state index contributed by atoms with van der Waals surface area (Å²) in [6, 6.07) is 5.41. The van der Waals surface area contributed by atoms with Crippen molar-refractivity contribution in [2.45, 2.75) is 51.5 Å². The molecule has 1 aliphatic carbocycles. The first kappa shape index (κ1) is 15.3. The Labute approximate surface area is 120 Å². The van der Waals surface area contributed by atoms with Gasteiger partial charge in [0.1, 0.15) is 0 Å². The average molecular weight is 280 g/mol. The van der Waals surface area contributed by atoms with Crippen molar-refractivity contribution in [1.29, 1.82) is 0 Å². The number of rotatable bonds is 6. The van der Waals surface area contributed by atoms with E-state index in [0.717, 1.165) is 6.42 Å². The summed E-state index contributed by atoms with van der Waals surface area (Å²) < 4.78 is 19.3. The minimum absolute atomic E-state index is 0.108. The number of nitrogens with one attached hydrogen (secondary N) is 1. The lowest BCUT2D eigenvalue weighted by molar-refractivity contribution is 0.184. The molecule has 1 aromatic carbocycles. The minimum Gasteiger partial charge on any atom is -0.494 e. The van der Waals surface area contributed by atoms with Gasteiger partial charge in [-0.2, -0.15) is 0 Å². The Morgan fingerprint density at radius 3 is 2.65 bits per heavy atom. The summed E-state index contributed by atoms with van der Waals surface area (Å²) in [5.74, 6) is 5.81. The molecule has 0 bridgehead atoms. The van der Waals surface area contributed by atoms with E-state index in [1.807, 2.05) is 12.1 Å². The van der Waals surface area contributed by atoms with Gasteiger partial charge in [-0.05, 0) is 42.7 Å². The molecule has 4 heteroatoms. The van der Waals surface area contributed by atoms with Gasteiger partial charge in [0.05, 0.1) is 7.11 Å². The third-order valence-corrected chi connectivity index (χ3v) is 4.93. The van der Waals surface area contributed by atoms with Crippen molar-refractivity contribution >= 4 is 0 Å². The molecule has 20 heavy (non-hydrogen) atoms. The van der Waals surface area contributed by atoms with Crippen molar-refractivity contribution in [3.8, 4) is 5.75 Å². The highest BCUT2D eigenvalue weighted by molar-refractivity contribution is 5.31. The maximum atomic E-state index is 14.3. The fourth-order valence-electron chi connectivity index (χ4n) is 3.57. The number of hydrazine groups is 1. The summed E-state index contributed by atoms with van der Waals surface area (Å²) in [6.45, 7) is 2.21. The Morgan fingerprint density at radius 1 is 1.40 bits per heavy atom. The zero-order valence-electron chi connectivity index (χ0n) is 12.4. The minimum atomic E-state index is -0.264. The van der Waals surface area contributed by atoms with Crippen LogP contribution in [0.5, 0.6) is 5.75 Å². The Balaban J connectivity index is 2.22. The van der Waals surface area contributed by atoms with Crippen LogP contribution in [-0.4, -0.2) is 13.2 Å². The van der Waals surface area contributed by atoms with E-state index >= 15 is 0 Å². The van der Waals surface area contributed by atoms with E-state index in [4.69, 9.17) is 10.6 Å². The van der Waals surface area contributed by atoms with E-state index in [1.54, 1.807) is 6.07 Å². The van der Waals surface area contributed by atoms with Crippen LogP contribution in [0.15, 0.2) is 18.2 Å². The zero-order chi connectivity index (χ0) is 14.6. The fraction of sp³-hybridized carbons (Fsp3) is 0.625. The van der Waals surface area contributed by atoms with Gasteiger partial charge in [0.25, 0.3) is 0 Å². The summed E-state index contributed by atoms with van der Waals surface area (Å²) in [7, 11) is 1.49. The first-order chi connectivity index (χ1) is 9.66. The molecule has 0 saturated heterocycles. The Kier molecular flexibility index (Phi) is 5.00. The first-order valence-electron chi connectivity index (χ1n) is 7.44. The molecule has 1 atom stereocenters. The van der Waals surface area contributed by atoms with E-state index < -0.39 is 0 Å². The van der Waals surface area contributed by atoms with E-state index in [0.29, 0.717) is 17.7 Å². The second-order valence-corrected chi connectivity index (χ2v) is 5.78. The highest BCUT2D eigenvalue weighted by Crippen LogP contribution is 2.44. The molecule has 1 aromatic rings. The third kappa shape index (κ3) is 2.81. The van der Waals surface area contributed by atoms with Crippen LogP contribution in [0.2, 0.25) is 0 Å². The van der Waals surface area contributed by atoms with Gasteiger partial charge in [0.2, 0.25) is 0 Å². The van der Waals surface area contributed by atoms with Gasteiger partial charge in [-0.15, -0.1) is 0 Å². The van der Waals surface area contributed by atoms with E-state index in [-0.39, 0.29) is 17.3 Å². The maximum Gasteiger partial charge on any atom is 0.168 e. The number of nitrogens with two attached hydrogens (primary N) is 1. The summed E-state index contributed by atoms with van der Waals surface area (Å²) in [5.41, 5.74) is 3.81. The molecule has 0 amide bonds. The molecule has 0 aliphatic heterocycles. The van der Waals surface area contributed by atoms with Crippen LogP contribution < -0.4 is 16.0 Å². The van der Waals surface area contributed by atoms with E-state index in [1.165, 1.54) is 32.8 Å². The molecule has 1 fully saturated rings. The van der Waals surface area contributed by atoms with Crippen LogP contribution >= 0.6 is 0 Å². The summed E-state index contributed by atoms with van der Waals surface area (Å²) in [4.78, 5) is 0. The number of methoxy groups -OCH3 is 1. The van der Waals surface area contributed by atoms with Crippen LogP contribution in [0.1, 0.15) is 44.6 Å². The molecule has 2 rings (SSSR count). The van der Waals surface area contributed by atoms with E-state index in [9.17, 15) is 4.39 Å². The molecule has 0 spiro atoms. The number of hydrogen-bond donors (Lipinski definition) is 2. The molecular formula is C16H25FN2O. The standard InChI is InChI=1S/C16H25FN2O/c1-3-16(9-4-5-10-16)14(19-18)11-12-7-6-8-13(20-2)15(12)17/h6-8,14,19H,3-5,9-11,18H2,1-2H3. The van der Waals surface area contributed by atoms with Crippen LogP contribution in [0.3, 0.4) is 0 Å². The topological polar surface area (TPSA) is 47.3 Å². The SMILES string of the molecule is CCC1(C(Cc2cccc(OC)c2F)NN)CCCC1. The lowest BCUT2D eigenvalue weighted by Gasteiger charge is -2.36. The van der Waals surface area contributed by atoms with E-state index in [2.05, 4.69) is 12.3 Å². The van der Waals surface area contributed by atoms with Gasteiger partial charge in [0.15, 0.2) is 11.6 Å². The van der Waals surface area contributed by atoms with Crippen molar-refractivity contribution in [3.63, 3.8) is 0 Å². The molecule has 0 aromatic heterocycles. The number of hydrogen-bond acceptors (Lipinski definition) is 3. The molecule has 3 N–H and O–H groups in total. The fourth-order valence-corrected chi connectivity index (χ4v) is 3.57. The van der Waals surface area contributed by atoms with Crippen molar-refractivity contribution in [3.05, 3.63) is 29.6 Å². The summed E-state index contributed by atoms with van der Waals surface area (Å²) in [5, 5.41) is 0. The maximum absolute atomic E-state index is 14.3. The number of ether oxygens (including phenoxy) is 1. The second-order valence-electron chi connectivity index (χ2n) is 5.78. The predicted molar refractivity (Wildman–Crippen MR) is 79.0 cm³/mol. The average Bonchev–Trinajstić information content (AvgIpc) is 2.96. The second kappa shape index (κ2) is 6.55.